The van der Waals surface area contributed by atoms with Crippen LogP contribution in [0.4, 0.5) is 4.79 Å². The molecule has 1 aromatic carbocycles. The van der Waals surface area contributed by atoms with Gasteiger partial charge in [-0.25, -0.2) is 4.79 Å². The summed E-state index contributed by atoms with van der Waals surface area (Å²) in [5.41, 5.74) is 8.46. The minimum absolute atomic E-state index is 0.0144. The van der Waals surface area contributed by atoms with Gasteiger partial charge in [0.1, 0.15) is 0 Å². The van der Waals surface area contributed by atoms with Crippen LogP contribution in [0, 0.1) is 12.8 Å². The molecule has 2 rings (SSSR count). The van der Waals surface area contributed by atoms with Crippen molar-refractivity contribution < 1.29 is 19.1 Å². The molecule has 1 amide bonds. The Balaban J connectivity index is 2.16. The van der Waals surface area contributed by atoms with Crippen LogP contribution >= 0.6 is 24.4 Å². The second kappa shape index (κ2) is 10.4. The van der Waals surface area contributed by atoms with Crippen molar-refractivity contribution in [3.63, 3.8) is 0 Å². The molecular weight excluding hydrogens is 396 g/mol. The van der Waals surface area contributed by atoms with Gasteiger partial charge in [0.2, 0.25) is 0 Å². The molecule has 0 saturated carbocycles. The zero-order valence-electron chi connectivity index (χ0n) is 15.8. The first-order valence-electron chi connectivity index (χ1n) is 8.80. The van der Waals surface area contributed by atoms with E-state index < -0.39 is 12.1 Å². The number of carbonyl (C=O) groups excluding carboxylic acids is 3. The van der Waals surface area contributed by atoms with Crippen LogP contribution in [0.25, 0.3) is 0 Å². The number of hydrogen-bond donors (Lipinski definition) is 3. The molecule has 0 aliphatic rings. The van der Waals surface area contributed by atoms with Gasteiger partial charge in [-0.2, -0.15) is 12.6 Å². The predicted molar refractivity (Wildman–Crippen MR) is 114 cm³/mol. The highest BCUT2D eigenvalue weighted by Gasteiger charge is 2.23. The van der Waals surface area contributed by atoms with Crippen molar-refractivity contribution in [3.05, 3.63) is 58.9 Å². The molecule has 1 heterocycles. The van der Waals surface area contributed by atoms with Gasteiger partial charge in [0, 0.05) is 34.9 Å². The van der Waals surface area contributed by atoms with E-state index in [-0.39, 0.29) is 23.4 Å². The minimum Gasteiger partial charge on any atom is -0.376 e. The third kappa shape index (κ3) is 6.45. The van der Waals surface area contributed by atoms with Gasteiger partial charge >= 0.3 is 12.1 Å². The molecule has 1 aromatic heterocycles. The summed E-state index contributed by atoms with van der Waals surface area (Å²) in [7, 11) is 0. The molecule has 28 heavy (non-hydrogen) atoms. The predicted octanol–water partition coefficient (Wildman–Crippen LogP) is 4.06. The van der Waals surface area contributed by atoms with Gasteiger partial charge in [0.15, 0.2) is 5.78 Å². The minimum atomic E-state index is -1.13. The number of Topliss-reactive ketones (excluding diaryl/α,β-unsaturated/α-hetero) is 1. The van der Waals surface area contributed by atoms with Crippen molar-refractivity contribution in [1.29, 1.82) is 0 Å². The lowest BCUT2D eigenvalue weighted by Gasteiger charge is -2.14. The number of ether oxygens (including phenoxy) is 1. The number of rotatable bonds is 9. The number of esters is 1. The van der Waals surface area contributed by atoms with E-state index >= 15 is 0 Å². The van der Waals surface area contributed by atoms with Gasteiger partial charge in [-0.15, -0.1) is 11.8 Å². The molecule has 6 nitrogen and oxygen atoms in total. The molecule has 150 valence electrons. The zero-order valence-corrected chi connectivity index (χ0v) is 17.5. The van der Waals surface area contributed by atoms with Crippen LogP contribution < -0.4 is 5.73 Å². The summed E-state index contributed by atoms with van der Waals surface area (Å²) in [6.45, 7) is 3.83. The van der Waals surface area contributed by atoms with Gasteiger partial charge in [-0.05, 0) is 18.6 Å². The number of thioether (sulfide) groups is 1. The standard InChI is InChI=1S/C20H24N2O4S2/c1-12-3-5-14(6-4-12)11-28-17(8-18(23)26-20(21)25)16-7-15(9-22-16)19(24)13(2)10-27/h3-7,9,13,17,22,27H,8,10-11H2,1-2H3,(H2,21,25). The smallest absolute Gasteiger partial charge is 0.376 e. The molecule has 3 N–H and O–H groups in total. The lowest BCUT2D eigenvalue weighted by molar-refractivity contribution is -0.137. The highest BCUT2D eigenvalue weighted by molar-refractivity contribution is 7.98. The van der Waals surface area contributed by atoms with Crippen molar-refractivity contribution in [2.75, 3.05) is 5.75 Å². The largest absolute Gasteiger partial charge is 0.412 e. The molecule has 0 saturated heterocycles. The van der Waals surface area contributed by atoms with Crippen LogP contribution in [0.15, 0.2) is 36.5 Å². The fraction of sp³-hybridized carbons (Fsp3) is 0.350. The Kier molecular flexibility index (Phi) is 8.19. The number of H-pyrrole nitrogens is 1. The lowest BCUT2D eigenvalue weighted by Crippen LogP contribution is -2.19. The van der Waals surface area contributed by atoms with Crippen molar-refractivity contribution >= 4 is 42.2 Å². The van der Waals surface area contributed by atoms with Crippen LogP contribution in [-0.2, 0) is 15.3 Å². The van der Waals surface area contributed by atoms with Gasteiger partial charge in [-0.3, -0.25) is 9.59 Å². The van der Waals surface area contributed by atoms with Crippen LogP contribution in [0.5, 0.6) is 0 Å². The van der Waals surface area contributed by atoms with Crippen LogP contribution in [0.2, 0.25) is 0 Å². The highest BCUT2D eigenvalue weighted by atomic mass is 32.2. The first-order chi connectivity index (χ1) is 13.3. The molecule has 2 aromatic rings. The number of aryl methyl sites for hydroxylation is 1. The number of ketones is 1. The molecule has 0 aliphatic carbocycles. The highest BCUT2D eigenvalue weighted by Crippen LogP contribution is 2.35. The molecule has 0 aliphatic heterocycles. The Morgan fingerprint density at radius 2 is 1.93 bits per heavy atom. The molecule has 0 fully saturated rings. The molecule has 2 atom stereocenters. The van der Waals surface area contributed by atoms with Crippen LogP contribution in [0.1, 0.15) is 45.8 Å². The van der Waals surface area contributed by atoms with Crippen molar-refractivity contribution in [2.45, 2.75) is 31.3 Å². The van der Waals surface area contributed by atoms with Crippen molar-refractivity contribution in [3.8, 4) is 0 Å². The lowest BCUT2D eigenvalue weighted by atomic mass is 10.0. The van der Waals surface area contributed by atoms with E-state index in [1.54, 1.807) is 12.3 Å². The third-order valence-corrected chi connectivity index (χ3v) is 6.07. The summed E-state index contributed by atoms with van der Waals surface area (Å²) in [6.07, 6.45) is 0.462. The van der Waals surface area contributed by atoms with E-state index in [0.29, 0.717) is 22.8 Å². The van der Waals surface area contributed by atoms with Crippen LogP contribution in [0.3, 0.4) is 0 Å². The second-order valence-electron chi connectivity index (χ2n) is 6.57. The summed E-state index contributed by atoms with van der Waals surface area (Å²) in [5, 5.41) is -0.319. The van der Waals surface area contributed by atoms with Gasteiger partial charge < -0.3 is 15.5 Å². The van der Waals surface area contributed by atoms with E-state index in [1.807, 2.05) is 38.1 Å². The zero-order chi connectivity index (χ0) is 20.7. The SMILES string of the molecule is Cc1ccc(CSC(CC(=O)OC(N)=O)c2cc(C(=O)C(C)CS)c[nH]2)cc1. The third-order valence-electron chi connectivity index (χ3n) is 4.20. The summed E-state index contributed by atoms with van der Waals surface area (Å²) < 4.78 is 4.48. The second-order valence-corrected chi connectivity index (χ2v) is 8.13. The van der Waals surface area contributed by atoms with E-state index in [2.05, 4.69) is 22.3 Å². The summed E-state index contributed by atoms with van der Waals surface area (Å²) >= 11 is 5.69. The summed E-state index contributed by atoms with van der Waals surface area (Å²) in [4.78, 5) is 38.3. The maximum Gasteiger partial charge on any atom is 0.412 e. The van der Waals surface area contributed by atoms with Crippen LogP contribution in [-0.4, -0.2) is 28.6 Å². The van der Waals surface area contributed by atoms with Crippen molar-refractivity contribution in [2.24, 2.45) is 11.7 Å². The average Bonchev–Trinajstić information content (AvgIpc) is 3.14. The Morgan fingerprint density at radius 1 is 1.25 bits per heavy atom. The first-order valence-corrected chi connectivity index (χ1v) is 10.5. The first kappa shape index (κ1) is 22.1. The number of nitrogens with one attached hydrogen (secondary N) is 1. The van der Waals surface area contributed by atoms with Gasteiger partial charge in [0.25, 0.3) is 0 Å². The Morgan fingerprint density at radius 3 is 2.54 bits per heavy atom. The van der Waals surface area contributed by atoms with E-state index in [1.165, 1.54) is 17.3 Å². The van der Waals surface area contributed by atoms with Crippen molar-refractivity contribution in [1.82, 2.24) is 4.98 Å². The Bertz CT molecular complexity index is 833. The molecular formula is C20H24N2O4S2. The number of hydrogen-bond acceptors (Lipinski definition) is 6. The number of aromatic amines is 1. The quantitative estimate of drug-likeness (QED) is 0.246. The molecule has 0 spiro atoms. The number of nitrogens with two attached hydrogens (primary N) is 1. The number of thiol groups is 1. The maximum atomic E-state index is 12.4. The molecule has 2 unspecified atom stereocenters. The number of benzene rings is 1. The normalized spacial score (nSPS) is 13.0. The molecule has 8 heteroatoms. The fourth-order valence-electron chi connectivity index (χ4n) is 2.55. The van der Waals surface area contributed by atoms with Gasteiger partial charge in [0.05, 0.1) is 11.7 Å². The fourth-order valence-corrected chi connectivity index (χ4v) is 3.87. The monoisotopic (exact) mass is 420 g/mol. The van der Waals surface area contributed by atoms with E-state index in [0.717, 1.165) is 5.56 Å². The average molecular weight is 421 g/mol. The Hall–Kier alpha value is -2.19. The van der Waals surface area contributed by atoms with Gasteiger partial charge in [-0.1, -0.05) is 36.8 Å². The Labute approximate surface area is 174 Å². The van der Waals surface area contributed by atoms with E-state index in [4.69, 9.17) is 5.73 Å². The summed E-state index contributed by atoms with van der Waals surface area (Å²) in [5.74, 6) is 0.185. The molecule has 0 bridgehead atoms. The number of aromatic nitrogens is 1. The number of primary amides is 1. The number of amides is 1. The van der Waals surface area contributed by atoms with E-state index in [9.17, 15) is 14.4 Å². The summed E-state index contributed by atoms with van der Waals surface area (Å²) in [6, 6.07) is 9.85. The number of carbonyl (C=O) groups is 3. The topological polar surface area (TPSA) is 102 Å². The molecule has 0 radical (unpaired) electrons. The maximum absolute atomic E-state index is 12.4.